The van der Waals surface area contributed by atoms with Gasteiger partial charge in [-0.3, -0.25) is 14.4 Å². The van der Waals surface area contributed by atoms with E-state index < -0.39 is 47.6 Å². The van der Waals surface area contributed by atoms with Crippen molar-refractivity contribution in [1.29, 1.82) is 0 Å². The minimum atomic E-state index is -1.70. The summed E-state index contributed by atoms with van der Waals surface area (Å²) in [5.74, 6) is -1.25. The highest BCUT2D eigenvalue weighted by Crippen LogP contribution is 2.50. The monoisotopic (exact) mass is 791 g/mol. The predicted molar refractivity (Wildman–Crippen MR) is 211 cm³/mol. The van der Waals surface area contributed by atoms with Gasteiger partial charge in [-0.1, -0.05) is 63.1 Å². The number of carbonyl (C=O) groups excluding carboxylic acids is 4. The highest BCUT2D eigenvalue weighted by atomic mass is 35.5. The Bertz CT molecular complexity index is 1650. The summed E-state index contributed by atoms with van der Waals surface area (Å²) >= 11 is 8.45. The quantitative estimate of drug-likeness (QED) is 0.257. The Hall–Kier alpha value is -3.10. The number of rotatable bonds is 8. The Morgan fingerprint density at radius 2 is 1.91 bits per heavy atom. The van der Waals surface area contributed by atoms with Crippen LogP contribution in [-0.2, 0) is 39.8 Å². The average Bonchev–Trinajstić information content (AvgIpc) is 3.79. The van der Waals surface area contributed by atoms with E-state index in [-0.39, 0.29) is 59.1 Å². The number of esters is 1. The number of aliphatic hydroxyl groups is 1. The molecule has 1 aromatic carbocycles. The first-order valence-corrected chi connectivity index (χ1v) is 19.8. The van der Waals surface area contributed by atoms with E-state index >= 15 is 0 Å². The fraction of sp³-hybridized carbons (Fsp3) is 0.650. The molecule has 3 amide bonds. The van der Waals surface area contributed by atoms with Gasteiger partial charge in [0.2, 0.25) is 17.7 Å². The average molecular weight is 792 g/mol. The first-order valence-electron chi connectivity index (χ1n) is 18.4. The zero-order valence-corrected chi connectivity index (χ0v) is 35.1. The molecule has 0 aliphatic carbocycles. The molecule has 3 heterocycles. The van der Waals surface area contributed by atoms with Gasteiger partial charge in [-0.15, -0.1) is 0 Å². The van der Waals surface area contributed by atoms with Gasteiger partial charge in [-0.05, 0) is 56.7 Å². The lowest BCUT2D eigenvalue weighted by Gasteiger charge is -2.42. The molecule has 12 nitrogen and oxygen atoms in total. The van der Waals surface area contributed by atoms with Crippen molar-refractivity contribution in [1.82, 2.24) is 10.2 Å². The number of likely N-dealkylation sites (N-methyl/N-ethyl adjacent to an activating group) is 1. The molecule has 0 spiro atoms. The Morgan fingerprint density at radius 1 is 1.22 bits per heavy atom. The third-order valence-electron chi connectivity index (χ3n) is 10.8. The summed E-state index contributed by atoms with van der Waals surface area (Å²) < 4.78 is 23.8. The number of amides is 3. The number of thioether (sulfide) groups is 1. The van der Waals surface area contributed by atoms with E-state index in [0.717, 1.165) is 11.1 Å². The lowest BCUT2D eigenvalue weighted by molar-refractivity contribution is -0.161. The Balaban J connectivity index is 1.72. The van der Waals surface area contributed by atoms with Gasteiger partial charge in [0.05, 0.1) is 25.3 Å². The van der Waals surface area contributed by atoms with Crippen molar-refractivity contribution < 1.29 is 43.2 Å². The molecule has 4 unspecified atom stereocenters. The molecule has 3 aliphatic rings. The molecule has 0 aromatic heterocycles. The number of hydrogen-bond donors (Lipinski definition) is 2. The molecule has 14 heteroatoms. The van der Waals surface area contributed by atoms with Crippen LogP contribution in [0, 0.1) is 11.8 Å². The van der Waals surface area contributed by atoms with Crippen LogP contribution in [0.5, 0.6) is 5.75 Å². The van der Waals surface area contributed by atoms with E-state index in [1.807, 2.05) is 32.1 Å². The maximum Gasteiger partial charge on any atom is 0.328 e. The van der Waals surface area contributed by atoms with Crippen molar-refractivity contribution in [2.45, 2.75) is 121 Å². The third-order valence-corrected chi connectivity index (χ3v) is 12.5. The topological polar surface area (TPSA) is 147 Å². The highest BCUT2D eigenvalue weighted by molar-refractivity contribution is 8.00. The SMILES string of the molecule is COc1cc2cc(c1Cl)N(C)C(=O)C[C@H](OC(=O)[C@H](C)N(C)C(=O)CCSC(C)(C)C)C1(C)O[C@H]1[C@H](C)C1CC(=O)NC(O)(C1)C(OC)/C=C/C=C(\C)C2. The smallest absolute Gasteiger partial charge is 0.328 e. The van der Waals surface area contributed by atoms with Crippen LogP contribution in [-0.4, -0.2) is 108 Å². The van der Waals surface area contributed by atoms with Crippen molar-refractivity contribution in [3.63, 3.8) is 0 Å². The fourth-order valence-corrected chi connectivity index (χ4v) is 8.48. The van der Waals surface area contributed by atoms with Crippen LogP contribution in [0.4, 0.5) is 5.69 Å². The van der Waals surface area contributed by atoms with Gasteiger partial charge in [0.15, 0.2) is 5.72 Å². The standard InChI is InChI=1S/C40H58ClN3O9S/c1-23-13-12-14-30(51-11)40(49)22-27(20-32(45)42-40)24(2)36-39(7,53-36)31(52-37(48)25(3)43(8)33(46)15-16-54-38(4,5)6)21-34(47)44(9)28-18-26(17-23)19-29(50-10)35(28)41/h12-14,18-19,24-25,27,30-31,36,49H,15-17,20-22H2,1-11H3,(H,42,45)/b14-12+,23-13+/t24-,25+,27?,30?,31+,36+,39?,40?/m1/s1. The minimum absolute atomic E-state index is 0.00615. The van der Waals surface area contributed by atoms with E-state index in [9.17, 15) is 24.3 Å². The van der Waals surface area contributed by atoms with Crippen molar-refractivity contribution in [2.24, 2.45) is 11.8 Å². The largest absolute Gasteiger partial charge is 0.495 e. The number of nitrogens with one attached hydrogen (secondary N) is 1. The maximum absolute atomic E-state index is 14.2. The summed E-state index contributed by atoms with van der Waals surface area (Å²) in [6.45, 7) is 13.5. The molecule has 300 valence electrons. The summed E-state index contributed by atoms with van der Waals surface area (Å²) in [5, 5.41) is 14.8. The molecular weight excluding hydrogens is 734 g/mol. The van der Waals surface area contributed by atoms with Crippen LogP contribution >= 0.6 is 23.4 Å². The highest BCUT2D eigenvalue weighted by Gasteiger charge is 2.64. The van der Waals surface area contributed by atoms with Crippen molar-refractivity contribution in [3.8, 4) is 5.75 Å². The van der Waals surface area contributed by atoms with Gasteiger partial charge in [0, 0.05) is 51.0 Å². The van der Waals surface area contributed by atoms with Crippen LogP contribution in [0.1, 0.15) is 79.7 Å². The van der Waals surface area contributed by atoms with E-state index in [1.165, 1.54) is 24.0 Å². The first-order chi connectivity index (χ1) is 25.1. The number of halogens is 1. The van der Waals surface area contributed by atoms with Crippen molar-refractivity contribution in [2.75, 3.05) is 39.0 Å². The number of ether oxygens (including phenoxy) is 4. The Morgan fingerprint density at radius 3 is 2.54 bits per heavy atom. The number of epoxide rings is 1. The zero-order chi connectivity index (χ0) is 40.3. The normalized spacial score (nSPS) is 31.3. The minimum Gasteiger partial charge on any atom is -0.495 e. The van der Waals surface area contributed by atoms with Gasteiger partial charge in [-0.2, -0.15) is 11.8 Å². The molecule has 4 rings (SSSR count). The van der Waals surface area contributed by atoms with Crippen LogP contribution in [0.3, 0.4) is 0 Å². The van der Waals surface area contributed by atoms with E-state index in [2.05, 4.69) is 26.1 Å². The maximum atomic E-state index is 14.2. The van der Waals surface area contributed by atoms with Gasteiger partial charge in [0.1, 0.15) is 34.6 Å². The molecule has 2 fully saturated rings. The number of allylic oxidation sites excluding steroid dienone is 3. The molecule has 0 radical (unpaired) electrons. The van der Waals surface area contributed by atoms with E-state index in [4.69, 9.17) is 30.5 Å². The number of fused-ring (bicyclic) bond motifs is 5. The first kappa shape index (κ1) is 43.6. The van der Waals surface area contributed by atoms with Gasteiger partial charge in [0.25, 0.3) is 0 Å². The molecule has 1 aromatic rings. The Labute approximate surface area is 329 Å². The van der Waals surface area contributed by atoms with E-state index in [1.54, 1.807) is 51.9 Å². The number of benzene rings is 1. The number of nitrogens with zero attached hydrogens (tertiary/aromatic N) is 2. The molecule has 2 N–H and O–H groups in total. The summed E-state index contributed by atoms with van der Waals surface area (Å²) in [6.07, 6.45) is 3.72. The predicted octanol–water partition coefficient (Wildman–Crippen LogP) is 5.46. The molecule has 2 saturated heterocycles. The molecule has 4 bridgehead atoms. The summed E-state index contributed by atoms with van der Waals surface area (Å²) in [4.78, 5) is 57.0. The zero-order valence-electron chi connectivity index (χ0n) is 33.5. The van der Waals surface area contributed by atoms with E-state index in [0.29, 0.717) is 23.6 Å². The fourth-order valence-electron chi connectivity index (χ4n) is 7.28. The number of carbonyl (C=O) groups is 4. The molecule has 3 aliphatic heterocycles. The number of piperidine rings is 1. The van der Waals surface area contributed by atoms with Gasteiger partial charge < -0.3 is 39.2 Å². The number of hydrogen-bond acceptors (Lipinski definition) is 10. The van der Waals surface area contributed by atoms with Gasteiger partial charge in [-0.25, -0.2) is 4.79 Å². The molecule has 8 atom stereocenters. The van der Waals surface area contributed by atoms with Gasteiger partial charge >= 0.3 is 5.97 Å². The van der Waals surface area contributed by atoms with Crippen LogP contribution < -0.4 is 15.0 Å². The van der Waals surface area contributed by atoms with Crippen LogP contribution in [0.15, 0.2) is 35.9 Å². The van der Waals surface area contributed by atoms with Crippen LogP contribution in [0.2, 0.25) is 5.02 Å². The van der Waals surface area contributed by atoms with Crippen LogP contribution in [0.25, 0.3) is 0 Å². The molecule has 54 heavy (non-hydrogen) atoms. The second-order valence-electron chi connectivity index (χ2n) is 16.1. The Kier molecular flexibility index (Phi) is 14.0. The number of methoxy groups -OCH3 is 2. The molecular formula is C40H58ClN3O9S. The van der Waals surface area contributed by atoms with Crippen molar-refractivity contribution in [3.05, 3.63) is 46.5 Å². The summed E-state index contributed by atoms with van der Waals surface area (Å²) in [5.41, 5.74) is -0.627. The summed E-state index contributed by atoms with van der Waals surface area (Å²) in [7, 11) is 6.15. The number of anilines is 1. The summed E-state index contributed by atoms with van der Waals surface area (Å²) in [6, 6.07) is 2.69. The molecule has 0 saturated carbocycles. The second-order valence-corrected chi connectivity index (χ2v) is 18.4. The second kappa shape index (κ2) is 17.4. The van der Waals surface area contributed by atoms with Crippen molar-refractivity contribution >= 4 is 52.7 Å². The third kappa shape index (κ3) is 10.2. The lowest BCUT2D eigenvalue weighted by atomic mass is 9.75. The lowest BCUT2D eigenvalue weighted by Crippen LogP contribution is -2.61.